The Labute approximate surface area is 124 Å². The lowest BCUT2D eigenvalue weighted by atomic mass is 10.1. The standard InChI is InChI=1S/C16H19ClN2O/c1-11(2)19-9-13-5-4-12(7-16(13)17)14-6-15(20-3)10-18-8-14/h4-8,10-11,19H,9H2,1-3H3. The molecule has 4 heteroatoms. The lowest BCUT2D eigenvalue weighted by molar-refractivity contribution is 0.413. The Morgan fingerprint density at radius 1 is 1.20 bits per heavy atom. The van der Waals surface area contributed by atoms with E-state index in [0.29, 0.717) is 6.04 Å². The van der Waals surface area contributed by atoms with Gasteiger partial charge in [-0.3, -0.25) is 4.98 Å². The maximum absolute atomic E-state index is 6.34. The normalized spacial score (nSPS) is 10.8. The third-order valence-electron chi connectivity index (χ3n) is 3.04. The maximum atomic E-state index is 6.34. The highest BCUT2D eigenvalue weighted by Gasteiger charge is 2.06. The van der Waals surface area contributed by atoms with Crippen LogP contribution in [-0.4, -0.2) is 18.1 Å². The second-order valence-electron chi connectivity index (χ2n) is 4.96. The van der Waals surface area contributed by atoms with Gasteiger partial charge in [0.2, 0.25) is 0 Å². The maximum Gasteiger partial charge on any atom is 0.137 e. The van der Waals surface area contributed by atoms with Gasteiger partial charge in [0, 0.05) is 29.4 Å². The lowest BCUT2D eigenvalue weighted by Gasteiger charge is -2.11. The van der Waals surface area contributed by atoms with Crippen LogP contribution in [0, 0.1) is 0 Å². The highest BCUT2D eigenvalue weighted by atomic mass is 35.5. The summed E-state index contributed by atoms with van der Waals surface area (Å²) < 4.78 is 5.19. The van der Waals surface area contributed by atoms with Crippen LogP contribution in [0.2, 0.25) is 5.02 Å². The number of rotatable bonds is 5. The van der Waals surface area contributed by atoms with Gasteiger partial charge < -0.3 is 10.1 Å². The van der Waals surface area contributed by atoms with Crippen LogP contribution in [0.15, 0.2) is 36.7 Å². The number of hydrogen-bond donors (Lipinski definition) is 1. The number of hydrogen-bond acceptors (Lipinski definition) is 3. The van der Waals surface area contributed by atoms with E-state index in [-0.39, 0.29) is 0 Å². The zero-order chi connectivity index (χ0) is 14.5. The molecule has 0 saturated heterocycles. The minimum atomic E-state index is 0.438. The van der Waals surface area contributed by atoms with E-state index in [9.17, 15) is 0 Å². The second-order valence-corrected chi connectivity index (χ2v) is 5.36. The predicted octanol–water partition coefficient (Wildman–Crippen LogP) is 3.91. The third kappa shape index (κ3) is 3.71. The first-order valence-electron chi connectivity index (χ1n) is 6.61. The summed E-state index contributed by atoms with van der Waals surface area (Å²) in [7, 11) is 1.63. The van der Waals surface area contributed by atoms with Gasteiger partial charge in [-0.2, -0.15) is 0 Å². The van der Waals surface area contributed by atoms with E-state index in [0.717, 1.165) is 34.0 Å². The molecule has 1 N–H and O–H groups in total. The van der Waals surface area contributed by atoms with Gasteiger partial charge in [-0.1, -0.05) is 37.6 Å². The van der Waals surface area contributed by atoms with Crippen molar-refractivity contribution >= 4 is 11.6 Å². The van der Waals surface area contributed by atoms with Crippen molar-refractivity contribution in [3.63, 3.8) is 0 Å². The van der Waals surface area contributed by atoms with Crippen LogP contribution in [0.25, 0.3) is 11.1 Å². The lowest BCUT2D eigenvalue weighted by Crippen LogP contribution is -2.21. The van der Waals surface area contributed by atoms with Gasteiger partial charge in [0.1, 0.15) is 5.75 Å². The number of benzene rings is 1. The van der Waals surface area contributed by atoms with Crippen molar-refractivity contribution in [2.24, 2.45) is 0 Å². The molecule has 0 aliphatic carbocycles. The van der Waals surface area contributed by atoms with E-state index in [2.05, 4.69) is 30.2 Å². The second kappa shape index (κ2) is 6.73. The van der Waals surface area contributed by atoms with Crippen molar-refractivity contribution in [3.8, 4) is 16.9 Å². The smallest absolute Gasteiger partial charge is 0.137 e. The highest BCUT2D eigenvalue weighted by molar-refractivity contribution is 6.31. The van der Waals surface area contributed by atoms with Gasteiger partial charge in [0.25, 0.3) is 0 Å². The Balaban J connectivity index is 2.23. The molecule has 0 aliphatic heterocycles. The molecular formula is C16H19ClN2O. The van der Waals surface area contributed by atoms with Gasteiger partial charge >= 0.3 is 0 Å². The zero-order valence-electron chi connectivity index (χ0n) is 12.0. The van der Waals surface area contributed by atoms with E-state index >= 15 is 0 Å². The summed E-state index contributed by atoms with van der Waals surface area (Å²) in [6.45, 7) is 5.00. The summed E-state index contributed by atoms with van der Waals surface area (Å²) >= 11 is 6.34. The first-order chi connectivity index (χ1) is 9.60. The first kappa shape index (κ1) is 14.8. The van der Waals surface area contributed by atoms with Gasteiger partial charge in [-0.05, 0) is 23.3 Å². The molecule has 1 aromatic heterocycles. The Bertz CT molecular complexity index is 584. The Kier molecular flexibility index (Phi) is 4.99. The van der Waals surface area contributed by atoms with Gasteiger partial charge in [-0.15, -0.1) is 0 Å². The largest absolute Gasteiger partial charge is 0.495 e. The molecule has 0 amide bonds. The summed E-state index contributed by atoms with van der Waals surface area (Å²) in [5.41, 5.74) is 3.13. The number of nitrogens with one attached hydrogen (secondary N) is 1. The van der Waals surface area contributed by atoms with Gasteiger partial charge in [0.15, 0.2) is 0 Å². The van der Waals surface area contributed by atoms with Crippen LogP contribution >= 0.6 is 11.6 Å². The molecule has 0 atom stereocenters. The fourth-order valence-electron chi connectivity index (χ4n) is 1.87. The summed E-state index contributed by atoms with van der Waals surface area (Å²) in [6.07, 6.45) is 3.49. The average Bonchev–Trinajstić information content (AvgIpc) is 2.46. The number of halogens is 1. The molecule has 2 aromatic rings. The fourth-order valence-corrected chi connectivity index (χ4v) is 2.12. The zero-order valence-corrected chi connectivity index (χ0v) is 12.7. The summed E-state index contributed by atoms with van der Waals surface area (Å²) in [4.78, 5) is 4.16. The van der Waals surface area contributed by atoms with Crippen molar-refractivity contribution in [1.29, 1.82) is 0 Å². The van der Waals surface area contributed by atoms with Crippen LogP contribution in [-0.2, 0) is 6.54 Å². The van der Waals surface area contributed by atoms with E-state index in [1.807, 2.05) is 18.2 Å². The van der Waals surface area contributed by atoms with Crippen LogP contribution in [0.3, 0.4) is 0 Å². The van der Waals surface area contributed by atoms with E-state index in [1.165, 1.54) is 0 Å². The number of ether oxygens (including phenoxy) is 1. The van der Waals surface area contributed by atoms with E-state index in [1.54, 1.807) is 19.5 Å². The van der Waals surface area contributed by atoms with Gasteiger partial charge in [0.05, 0.1) is 13.3 Å². The molecule has 20 heavy (non-hydrogen) atoms. The summed E-state index contributed by atoms with van der Waals surface area (Å²) in [5, 5.41) is 4.13. The van der Waals surface area contributed by atoms with E-state index in [4.69, 9.17) is 16.3 Å². The first-order valence-corrected chi connectivity index (χ1v) is 6.99. The van der Waals surface area contributed by atoms with Crippen LogP contribution < -0.4 is 10.1 Å². The number of nitrogens with zero attached hydrogens (tertiary/aromatic N) is 1. The molecule has 3 nitrogen and oxygen atoms in total. The molecule has 106 valence electrons. The van der Waals surface area contributed by atoms with Crippen molar-refractivity contribution < 1.29 is 4.74 Å². The van der Waals surface area contributed by atoms with Gasteiger partial charge in [-0.25, -0.2) is 0 Å². The van der Waals surface area contributed by atoms with Crippen LogP contribution in [0.5, 0.6) is 5.75 Å². The molecule has 0 fully saturated rings. The molecule has 1 aromatic carbocycles. The number of pyridine rings is 1. The monoisotopic (exact) mass is 290 g/mol. The number of methoxy groups -OCH3 is 1. The average molecular weight is 291 g/mol. The van der Waals surface area contributed by atoms with Crippen molar-refractivity contribution in [1.82, 2.24) is 10.3 Å². The molecule has 0 bridgehead atoms. The molecule has 0 spiro atoms. The quantitative estimate of drug-likeness (QED) is 0.906. The molecule has 0 aliphatic rings. The molecule has 1 heterocycles. The molecule has 0 unspecified atom stereocenters. The predicted molar refractivity (Wildman–Crippen MR) is 83.2 cm³/mol. The minimum absolute atomic E-state index is 0.438. The third-order valence-corrected chi connectivity index (χ3v) is 3.39. The Hall–Kier alpha value is -1.58. The Morgan fingerprint density at radius 2 is 2.00 bits per heavy atom. The Morgan fingerprint density at radius 3 is 2.65 bits per heavy atom. The summed E-state index contributed by atoms with van der Waals surface area (Å²) in [6, 6.07) is 8.46. The van der Waals surface area contributed by atoms with Crippen molar-refractivity contribution in [2.75, 3.05) is 7.11 Å². The molecular weight excluding hydrogens is 272 g/mol. The SMILES string of the molecule is COc1cncc(-c2ccc(CNC(C)C)c(Cl)c2)c1. The van der Waals surface area contributed by atoms with E-state index < -0.39 is 0 Å². The molecule has 0 saturated carbocycles. The van der Waals surface area contributed by atoms with Crippen molar-refractivity contribution in [3.05, 3.63) is 47.2 Å². The summed E-state index contributed by atoms with van der Waals surface area (Å²) in [5.74, 6) is 0.740. The fraction of sp³-hybridized carbons (Fsp3) is 0.312. The topological polar surface area (TPSA) is 34.1 Å². The van der Waals surface area contributed by atoms with Crippen molar-refractivity contribution in [2.45, 2.75) is 26.4 Å². The number of aromatic nitrogens is 1. The molecule has 0 radical (unpaired) electrons. The van der Waals surface area contributed by atoms with Crippen LogP contribution in [0.1, 0.15) is 19.4 Å². The van der Waals surface area contributed by atoms with Crippen LogP contribution in [0.4, 0.5) is 0 Å². The highest BCUT2D eigenvalue weighted by Crippen LogP contribution is 2.27. The minimum Gasteiger partial charge on any atom is -0.495 e. The molecule has 2 rings (SSSR count).